The fourth-order valence-electron chi connectivity index (χ4n) is 2.58. The third-order valence-corrected chi connectivity index (χ3v) is 5.34. The maximum Gasteiger partial charge on any atom is 0.246 e. The number of carbonyl (C=O) groups is 3. The lowest BCUT2D eigenvalue weighted by atomic mass is 9.97. The Labute approximate surface area is 167 Å². The summed E-state index contributed by atoms with van der Waals surface area (Å²) in [7, 11) is 3.09. The van der Waals surface area contributed by atoms with Crippen LogP contribution in [-0.2, 0) is 14.4 Å². The zero-order valence-corrected chi connectivity index (χ0v) is 18.1. The molecule has 9 heteroatoms. The van der Waals surface area contributed by atoms with Crippen LogP contribution in [0.4, 0.5) is 0 Å². The Kier molecular flexibility index (Phi) is 11.6. The number of hydrogen-bond donors (Lipinski definition) is 3. The largest absolute Gasteiger partial charge is 0.390 e. The fourth-order valence-corrected chi connectivity index (χ4v) is 3.71. The van der Waals surface area contributed by atoms with E-state index in [0.717, 1.165) is 12.2 Å². The van der Waals surface area contributed by atoms with Crippen molar-refractivity contribution in [1.29, 1.82) is 0 Å². The summed E-state index contributed by atoms with van der Waals surface area (Å²) in [6.07, 6.45) is 1.87. The number of hydrogen-bond acceptors (Lipinski definition) is 6. The number of thioether (sulfide) groups is 1. The summed E-state index contributed by atoms with van der Waals surface area (Å²) >= 11 is 1.54. The molecule has 0 aliphatic carbocycles. The summed E-state index contributed by atoms with van der Waals surface area (Å²) in [6.45, 7) is 5.57. The molecule has 0 saturated carbocycles. The summed E-state index contributed by atoms with van der Waals surface area (Å²) in [5.74, 6) is 0.00774. The summed E-state index contributed by atoms with van der Waals surface area (Å²) < 4.78 is 0. The van der Waals surface area contributed by atoms with Crippen molar-refractivity contribution in [2.24, 2.45) is 11.5 Å². The Balaban J connectivity index is 5.42. The first-order chi connectivity index (χ1) is 12.5. The van der Waals surface area contributed by atoms with Crippen LogP contribution in [0.2, 0.25) is 0 Å². The van der Waals surface area contributed by atoms with Gasteiger partial charge in [-0.3, -0.25) is 14.4 Å². The second-order valence-corrected chi connectivity index (χ2v) is 8.52. The Hall–Kier alpha value is -1.32. The molecule has 3 amide bonds. The van der Waals surface area contributed by atoms with E-state index >= 15 is 0 Å². The van der Waals surface area contributed by atoms with E-state index in [1.165, 1.54) is 16.8 Å². The molecule has 27 heavy (non-hydrogen) atoms. The third kappa shape index (κ3) is 9.44. The highest BCUT2D eigenvalue weighted by Crippen LogP contribution is 2.18. The average molecular weight is 405 g/mol. The summed E-state index contributed by atoms with van der Waals surface area (Å²) in [4.78, 5) is 40.0. The van der Waals surface area contributed by atoms with Crippen LogP contribution in [0.25, 0.3) is 0 Å². The maximum atomic E-state index is 13.1. The van der Waals surface area contributed by atoms with Gasteiger partial charge in [0.25, 0.3) is 0 Å². The first kappa shape index (κ1) is 25.7. The first-order valence-corrected chi connectivity index (χ1v) is 10.4. The second kappa shape index (κ2) is 12.2. The number of amides is 3. The van der Waals surface area contributed by atoms with Gasteiger partial charge in [-0.25, -0.2) is 0 Å². The van der Waals surface area contributed by atoms with Crippen molar-refractivity contribution in [1.82, 2.24) is 9.80 Å². The average Bonchev–Trinajstić information content (AvgIpc) is 2.57. The van der Waals surface area contributed by atoms with Crippen LogP contribution in [0.3, 0.4) is 0 Å². The van der Waals surface area contributed by atoms with E-state index in [9.17, 15) is 19.5 Å². The molecule has 8 nitrogen and oxygen atoms in total. The highest BCUT2D eigenvalue weighted by Gasteiger charge is 2.36. The topological polar surface area (TPSA) is 130 Å². The minimum atomic E-state index is -1.16. The van der Waals surface area contributed by atoms with Crippen LogP contribution in [0, 0.1) is 0 Å². The van der Waals surface area contributed by atoms with Crippen molar-refractivity contribution in [2.75, 3.05) is 32.1 Å². The molecule has 0 spiro atoms. The fraction of sp³-hybridized carbons (Fsp3) is 0.833. The van der Waals surface area contributed by atoms with Crippen LogP contribution in [0.5, 0.6) is 0 Å². The van der Waals surface area contributed by atoms with Crippen LogP contribution in [0.15, 0.2) is 0 Å². The maximum absolute atomic E-state index is 13.1. The third-order valence-electron chi connectivity index (χ3n) is 4.21. The van der Waals surface area contributed by atoms with Crippen molar-refractivity contribution >= 4 is 29.5 Å². The number of nitrogens with zero attached hydrogens (tertiary/aromatic N) is 2. The van der Waals surface area contributed by atoms with Gasteiger partial charge in [-0.15, -0.1) is 0 Å². The molecule has 0 aliphatic rings. The van der Waals surface area contributed by atoms with Crippen LogP contribution in [0.1, 0.15) is 46.5 Å². The number of nitrogens with two attached hydrogens (primary N) is 2. The summed E-state index contributed by atoms with van der Waals surface area (Å²) in [6, 6.07) is -1.66. The lowest BCUT2D eigenvalue weighted by Crippen LogP contribution is -2.56. The molecule has 0 saturated heterocycles. The molecule has 0 aromatic heterocycles. The molecular formula is C18H36N4O4S. The Morgan fingerprint density at radius 1 is 1.15 bits per heavy atom. The molecule has 0 aromatic carbocycles. The van der Waals surface area contributed by atoms with Gasteiger partial charge in [-0.2, -0.15) is 11.8 Å². The second-order valence-electron chi connectivity index (χ2n) is 7.37. The van der Waals surface area contributed by atoms with Crippen molar-refractivity contribution in [3.05, 3.63) is 0 Å². The van der Waals surface area contributed by atoms with Gasteiger partial charge in [0, 0.05) is 32.7 Å². The predicted molar refractivity (Wildman–Crippen MR) is 109 cm³/mol. The number of likely N-dealkylation sites (N-methyl/N-ethyl adjacent to an activating group) is 2. The van der Waals surface area contributed by atoms with E-state index in [-0.39, 0.29) is 18.2 Å². The Morgan fingerprint density at radius 2 is 1.74 bits per heavy atom. The molecule has 0 bridgehead atoms. The highest BCUT2D eigenvalue weighted by molar-refractivity contribution is 7.99. The van der Waals surface area contributed by atoms with Crippen molar-refractivity contribution in [3.63, 3.8) is 0 Å². The molecule has 0 aliphatic heterocycles. The van der Waals surface area contributed by atoms with Gasteiger partial charge in [0.1, 0.15) is 12.1 Å². The van der Waals surface area contributed by atoms with Crippen LogP contribution < -0.4 is 11.5 Å². The first-order valence-electron chi connectivity index (χ1n) is 9.28. The Morgan fingerprint density at radius 3 is 2.19 bits per heavy atom. The summed E-state index contributed by atoms with van der Waals surface area (Å²) in [5, 5.41) is 10.0. The molecule has 0 unspecified atom stereocenters. The minimum absolute atomic E-state index is 0.0181. The van der Waals surface area contributed by atoms with E-state index in [4.69, 9.17) is 11.5 Å². The zero-order chi connectivity index (χ0) is 21.2. The molecule has 0 aromatic rings. The zero-order valence-electron chi connectivity index (χ0n) is 17.2. The molecular weight excluding hydrogens is 368 g/mol. The highest BCUT2D eigenvalue weighted by atomic mass is 32.2. The number of carbonyl (C=O) groups excluding carboxylic acids is 3. The van der Waals surface area contributed by atoms with Gasteiger partial charge >= 0.3 is 0 Å². The predicted octanol–water partition coefficient (Wildman–Crippen LogP) is 0.169. The van der Waals surface area contributed by atoms with E-state index in [2.05, 4.69) is 0 Å². The van der Waals surface area contributed by atoms with E-state index < -0.39 is 23.6 Å². The molecule has 0 radical (unpaired) electrons. The molecule has 0 fully saturated rings. The Bertz CT molecular complexity index is 496. The van der Waals surface area contributed by atoms with E-state index in [0.29, 0.717) is 25.1 Å². The quantitative estimate of drug-likeness (QED) is 0.375. The number of rotatable bonds is 13. The van der Waals surface area contributed by atoms with Crippen LogP contribution in [-0.4, -0.2) is 82.5 Å². The lowest BCUT2D eigenvalue weighted by Gasteiger charge is -2.35. The molecule has 5 N–H and O–H groups in total. The molecule has 0 rings (SSSR count). The van der Waals surface area contributed by atoms with Crippen molar-refractivity contribution in [3.8, 4) is 0 Å². The van der Waals surface area contributed by atoms with Gasteiger partial charge in [-0.05, 0) is 39.0 Å². The van der Waals surface area contributed by atoms with Crippen LogP contribution >= 0.6 is 11.8 Å². The van der Waals surface area contributed by atoms with Gasteiger partial charge in [0.15, 0.2) is 0 Å². The number of aliphatic hydroxyl groups is 1. The lowest BCUT2D eigenvalue weighted by molar-refractivity contribution is -0.147. The smallest absolute Gasteiger partial charge is 0.246 e. The number of primary amides is 1. The molecule has 0 heterocycles. The normalized spacial score (nSPS) is 13.7. The van der Waals surface area contributed by atoms with Gasteiger partial charge in [0.05, 0.1) is 5.60 Å². The monoisotopic (exact) mass is 404 g/mol. The van der Waals surface area contributed by atoms with E-state index in [1.54, 1.807) is 32.7 Å². The SMILES string of the molecule is CCCC(=O)N(C)[C@H](CSCCCN)C(=O)N(C)[C@@H](CC(C)(C)O)C(N)=O. The molecule has 158 valence electrons. The van der Waals surface area contributed by atoms with E-state index in [1.807, 2.05) is 6.92 Å². The van der Waals surface area contributed by atoms with Crippen molar-refractivity contribution in [2.45, 2.75) is 64.1 Å². The molecule has 2 atom stereocenters. The van der Waals surface area contributed by atoms with Gasteiger partial charge in [0.2, 0.25) is 17.7 Å². The minimum Gasteiger partial charge on any atom is -0.390 e. The standard InChI is InChI=1S/C18H36N4O4S/c1-6-8-15(23)21(4)14(12-27-10-7-9-19)17(25)22(5)13(16(20)24)11-18(2,3)26/h13-14,26H,6-12,19H2,1-5H3,(H2,20,24)/t13-,14+/m0/s1. The van der Waals surface area contributed by atoms with Gasteiger partial charge < -0.3 is 26.4 Å². The summed E-state index contributed by atoms with van der Waals surface area (Å²) in [5.41, 5.74) is 9.80. The van der Waals surface area contributed by atoms with Crippen molar-refractivity contribution < 1.29 is 19.5 Å². The van der Waals surface area contributed by atoms with Gasteiger partial charge in [-0.1, -0.05) is 6.92 Å².